The molecule has 33 heavy (non-hydrogen) atoms. The highest BCUT2D eigenvalue weighted by Crippen LogP contribution is 2.33. The third-order valence-corrected chi connectivity index (χ3v) is 7.10. The van der Waals surface area contributed by atoms with E-state index in [1.165, 1.54) is 12.1 Å². The van der Waals surface area contributed by atoms with Crippen molar-refractivity contribution in [2.45, 2.75) is 52.0 Å². The number of nitrogens with zero attached hydrogens (tertiary/aromatic N) is 3. The van der Waals surface area contributed by atoms with Crippen molar-refractivity contribution in [1.82, 2.24) is 14.9 Å². The van der Waals surface area contributed by atoms with Gasteiger partial charge >= 0.3 is 0 Å². The quantitative estimate of drug-likeness (QED) is 0.442. The number of nitrogens with one attached hydrogen (secondary N) is 1. The van der Waals surface area contributed by atoms with E-state index in [2.05, 4.69) is 28.7 Å². The normalized spacial score (nSPS) is 17.4. The van der Waals surface area contributed by atoms with Gasteiger partial charge < -0.3 is 14.8 Å². The average Bonchev–Trinajstić information content (AvgIpc) is 3.25. The van der Waals surface area contributed by atoms with Crippen LogP contribution in [-0.4, -0.2) is 47.0 Å². The van der Waals surface area contributed by atoms with Gasteiger partial charge in [0.05, 0.1) is 22.0 Å². The minimum Gasteiger partial charge on any atom is -0.371 e. The van der Waals surface area contributed by atoms with Crippen LogP contribution < -0.4 is 4.90 Å². The van der Waals surface area contributed by atoms with E-state index in [0.29, 0.717) is 34.5 Å². The Morgan fingerprint density at radius 1 is 1.30 bits per heavy atom. The molecule has 1 amide bonds. The molecule has 176 valence electrons. The van der Waals surface area contributed by atoms with Crippen LogP contribution in [0.15, 0.2) is 36.4 Å². The maximum absolute atomic E-state index is 13.6. The molecule has 0 bridgehead atoms. The van der Waals surface area contributed by atoms with E-state index in [0.717, 1.165) is 49.9 Å². The van der Waals surface area contributed by atoms with Crippen LogP contribution in [-0.2, 0) is 4.79 Å². The Morgan fingerprint density at radius 2 is 2.12 bits per heavy atom. The molecule has 0 spiro atoms. The van der Waals surface area contributed by atoms with Crippen LogP contribution in [0.4, 0.5) is 10.1 Å². The van der Waals surface area contributed by atoms with Crippen molar-refractivity contribution >= 4 is 34.2 Å². The zero-order valence-electron chi connectivity index (χ0n) is 19.6. The van der Waals surface area contributed by atoms with Crippen molar-refractivity contribution in [1.29, 1.82) is 0 Å². The van der Waals surface area contributed by atoms with Crippen molar-refractivity contribution in [3.63, 3.8) is 0 Å². The number of aromatic nitrogens is 2. The van der Waals surface area contributed by atoms with Crippen molar-refractivity contribution < 1.29 is 9.18 Å². The second-order valence-corrected chi connectivity index (χ2v) is 9.40. The fourth-order valence-corrected chi connectivity index (χ4v) is 5.09. The van der Waals surface area contributed by atoms with Crippen molar-refractivity contribution in [3.05, 3.63) is 47.2 Å². The molecule has 1 aliphatic rings. The van der Waals surface area contributed by atoms with Crippen molar-refractivity contribution in [3.8, 4) is 11.4 Å². The first-order valence-electron chi connectivity index (χ1n) is 11.9. The lowest BCUT2D eigenvalue weighted by molar-refractivity contribution is -0.136. The molecule has 1 saturated heterocycles. The summed E-state index contributed by atoms with van der Waals surface area (Å²) in [6, 6.07) is 10.7. The number of rotatable bonds is 7. The number of anilines is 1. The molecular weight excluding hydrogens is 439 g/mol. The molecule has 1 unspecified atom stereocenters. The molecule has 0 radical (unpaired) electrons. The summed E-state index contributed by atoms with van der Waals surface area (Å²) in [5.74, 6) is 0.532. The van der Waals surface area contributed by atoms with Crippen LogP contribution in [0, 0.1) is 11.7 Å². The molecule has 1 aliphatic heterocycles. The minimum absolute atomic E-state index is 0.0111. The molecular formula is C26H32ClFN4O. The number of benzene rings is 2. The lowest BCUT2D eigenvalue weighted by atomic mass is 9.94. The summed E-state index contributed by atoms with van der Waals surface area (Å²) in [5.41, 5.74) is 3.11. The summed E-state index contributed by atoms with van der Waals surface area (Å²) in [6.45, 7) is 5.91. The van der Waals surface area contributed by atoms with Gasteiger partial charge in [0.1, 0.15) is 11.6 Å². The summed E-state index contributed by atoms with van der Waals surface area (Å²) in [5, 5.41) is 0.577. The molecule has 2 aromatic carbocycles. The molecule has 1 N–H and O–H groups in total. The van der Waals surface area contributed by atoms with Gasteiger partial charge in [-0.15, -0.1) is 0 Å². The number of hydrogen-bond donors (Lipinski definition) is 1. The number of H-pyrrole nitrogens is 1. The maximum Gasteiger partial charge on any atom is 0.227 e. The van der Waals surface area contributed by atoms with Gasteiger partial charge in [0.15, 0.2) is 0 Å². The van der Waals surface area contributed by atoms with Crippen LogP contribution >= 0.6 is 11.6 Å². The zero-order chi connectivity index (χ0) is 23.5. The number of hydrogen-bond acceptors (Lipinski definition) is 3. The summed E-state index contributed by atoms with van der Waals surface area (Å²) in [7, 11) is 1.95. The van der Waals surface area contributed by atoms with Gasteiger partial charge in [0.2, 0.25) is 5.91 Å². The summed E-state index contributed by atoms with van der Waals surface area (Å²) in [4.78, 5) is 25.3. The molecule has 3 aromatic rings. The number of imidazole rings is 1. The lowest BCUT2D eigenvalue weighted by Gasteiger charge is -2.37. The Bertz CT molecular complexity index is 1130. The lowest BCUT2D eigenvalue weighted by Crippen LogP contribution is -2.46. The van der Waals surface area contributed by atoms with Crippen LogP contribution in [0.1, 0.15) is 46.0 Å². The summed E-state index contributed by atoms with van der Waals surface area (Å²) in [6.07, 6.45) is 4.98. The number of piperidine rings is 1. The predicted octanol–water partition coefficient (Wildman–Crippen LogP) is 6.28. The number of amides is 1. The highest BCUT2D eigenvalue weighted by atomic mass is 35.5. The molecule has 7 heteroatoms. The molecule has 1 fully saturated rings. The van der Waals surface area contributed by atoms with E-state index in [-0.39, 0.29) is 17.6 Å². The van der Waals surface area contributed by atoms with Crippen molar-refractivity contribution in [2.75, 3.05) is 25.0 Å². The Kier molecular flexibility index (Phi) is 7.23. The van der Waals surface area contributed by atoms with E-state index in [9.17, 15) is 9.18 Å². The second-order valence-electron chi connectivity index (χ2n) is 9.00. The van der Waals surface area contributed by atoms with E-state index in [1.807, 2.05) is 30.1 Å². The molecule has 1 aromatic heterocycles. The van der Waals surface area contributed by atoms with E-state index in [1.54, 1.807) is 6.07 Å². The van der Waals surface area contributed by atoms with Gasteiger partial charge in [-0.2, -0.15) is 0 Å². The smallest absolute Gasteiger partial charge is 0.227 e. The van der Waals surface area contributed by atoms with Gasteiger partial charge in [-0.3, -0.25) is 4.79 Å². The molecule has 0 aliphatic carbocycles. The van der Waals surface area contributed by atoms with Gasteiger partial charge in [-0.25, -0.2) is 9.37 Å². The number of carbonyl (C=O) groups excluding carboxylic acids is 1. The Balaban J connectivity index is 1.56. The topological polar surface area (TPSA) is 52.2 Å². The van der Waals surface area contributed by atoms with Crippen LogP contribution in [0.3, 0.4) is 0 Å². The Morgan fingerprint density at radius 3 is 2.88 bits per heavy atom. The maximum atomic E-state index is 13.6. The highest BCUT2D eigenvalue weighted by Gasteiger charge is 2.30. The average molecular weight is 471 g/mol. The standard InChI is InChI=1S/C26H32ClFN4O/c1-4-7-19(5-2)31(3)26(33)17-8-6-13-32(16-17)20-10-11-22(27)21(15-20)25-29-23-12-9-18(28)14-24(23)30-25/h9-12,14-15,17,19H,4-8,13,16H2,1-3H3,(H,29,30)/t17-,19?/m1/s1. The molecule has 0 saturated carbocycles. The number of fused-ring (bicyclic) bond motifs is 1. The fraction of sp³-hybridized carbons (Fsp3) is 0.462. The fourth-order valence-electron chi connectivity index (χ4n) is 4.89. The van der Waals surface area contributed by atoms with Gasteiger partial charge in [-0.05, 0) is 62.1 Å². The molecule has 2 atom stereocenters. The number of halogens is 2. The molecule has 4 rings (SSSR count). The first-order valence-corrected chi connectivity index (χ1v) is 12.3. The second kappa shape index (κ2) is 10.1. The SMILES string of the molecule is CCCC(CC)N(C)C(=O)[C@@H]1CCCN(c2ccc(Cl)c(-c3nc4ccc(F)cc4[nH]3)c2)C1. The molecule has 2 heterocycles. The first kappa shape index (κ1) is 23.6. The first-order chi connectivity index (χ1) is 15.9. The van der Waals surface area contributed by atoms with Gasteiger partial charge in [0, 0.05) is 37.4 Å². The van der Waals surface area contributed by atoms with E-state index < -0.39 is 0 Å². The third-order valence-electron chi connectivity index (χ3n) is 6.77. The van der Waals surface area contributed by atoms with Crippen molar-refractivity contribution in [2.24, 2.45) is 5.92 Å². The predicted molar refractivity (Wildman–Crippen MR) is 133 cm³/mol. The van der Waals surface area contributed by atoms with Crippen LogP contribution in [0.2, 0.25) is 5.02 Å². The summed E-state index contributed by atoms with van der Waals surface area (Å²) >= 11 is 6.52. The minimum atomic E-state index is -0.309. The van der Waals surface area contributed by atoms with E-state index >= 15 is 0 Å². The monoisotopic (exact) mass is 470 g/mol. The van der Waals surface area contributed by atoms with E-state index in [4.69, 9.17) is 11.6 Å². The summed E-state index contributed by atoms with van der Waals surface area (Å²) < 4.78 is 13.6. The van der Waals surface area contributed by atoms with Gasteiger partial charge in [0.25, 0.3) is 0 Å². The number of carbonyl (C=O) groups is 1. The Labute approximate surface area is 199 Å². The van der Waals surface area contributed by atoms with Crippen LogP contribution in [0.25, 0.3) is 22.4 Å². The largest absolute Gasteiger partial charge is 0.371 e. The zero-order valence-corrected chi connectivity index (χ0v) is 20.3. The van der Waals surface area contributed by atoms with Gasteiger partial charge in [-0.1, -0.05) is 31.9 Å². The molecule has 5 nitrogen and oxygen atoms in total. The number of aromatic amines is 1. The Hall–Kier alpha value is -2.60. The highest BCUT2D eigenvalue weighted by molar-refractivity contribution is 6.33. The van der Waals surface area contributed by atoms with Crippen LogP contribution in [0.5, 0.6) is 0 Å². The third kappa shape index (κ3) is 5.01.